The molecule has 2 nitrogen and oxygen atoms in total. The number of hydrogen-bond donors (Lipinski definition) is 1. The second kappa shape index (κ2) is 3.83. The van der Waals surface area contributed by atoms with E-state index in [9.17, 15) is 5.11 Å². The molecule has 0 atom stereocenters. The second-order valence-electron chi connectivity index (χ2n) is 2.80. The Labute approximate surface area is 82.4 Å². The minimum Gasteiger partial charge on any atom is -0.504 e. The highest BCUT2D eigenvalue weighted by atomic mass is 16.5. The maximum atomic E-state index is 9.42. The molecule has 0 spiro atoms. The van der Waals surface area contributed by atoms with E-state index in [1.165, 1.54) is 0 Å². The Morgan fingerprint density at radius 3 is 2.50 bits per heavy atom. The first-order valence-electron chi connectivity index (χ1n) is 4.29. The van der Waals surface area contributed by atoms with Gasteiger partial charge in [-0.1, -0.05) is 30.3 Å². The van der Waals surface area contributed by atoms with E-state index >= 15 is 0 Å². The van der Waals surface area contributed by atoms with Crippen molar-refractivity contribution in [2.24, 2.45) is 0 Å². The zero-order valence-corrected chi connectivity index (χ0v) is 7.47. The lowest BCUT2D eigenvalue weighted by atomic mass is 10.3. The fourth-order valence-electron chi connectivity index (χ4n) is 1.10. The summed E-state index contributed by atoms with van der Waals surface area (Å²) in [5.74, 6) is 1.13. The standard InChI is InChI=1S/C12H9O2/c13-11-8-4-5-9-12(11)14-10-6-2-1-3-7-10/h1-8,13H. The molecule has 0 aliphatic carbocycles. The van der Waals surface area contributed by atoms with Crippen molar-refractivity contribution in [2.75, 3.05) is 0 Å². The van der Waals surface area contributed by atoms with Gasteiger partial charge in [0, 0.05) is 6.07 Å². The molecule has 69 valence electrons. The van der Waals surface area contributed by atoms with Crippen LogP contribution in [-0.4, -0.2) is 5.11 Å². The first-order chi connectivity index (χ1) is 6.86. The summed E-state index contributed by atoms with van der Waals surface area (Å²) >= 11 is 0. The molecule has 0 aliphatic rings. The van der Waals surface area contributed by atoms with Gasteiger partial charge in [-0.2, -0.15) is 0 Å². The van der Waals surface area contributed by atoms with Gasteiger partial charge in [0.1, 0.15) is 5.75 Å². The molecule has 2 heteroatoms. The monoisotopic (exact) mass is 185 g/mol. The van der Waals surface area contributed by atoms with Crippen LogP contribution >= 0.6 is 0 Å². The molecule has 0 heterocycles. The maximum Gasteiger partial charge on any atom is 0.176 e. The molecular weight excluding hydrogens is 176 g/mol. The Hall–Kier alpha value is -1.96. The molecule has 14 heavy (non-hydrogen) atoms. The molecule has 0 amide bonds. The van der Waals surface area contributed by atoms with Crippen LogP contribution in [0.4, 0.5) is 0 Å². The van der Waals surface area contributed by atoms with E-state index in [0.717, 1.165) is 0 Å². The van der Waals surface area contributed by atoms with Gasteiger partial charge < -0.3 is 9.84 Å². The molecule has 0 bridgehead atoms. The molecule has 2 aromatic carbocycles. The Morgan fingerprint density at radius 2 is 1.79 bits per heavy atom. The molecule has 2 rings (SSSR count). The summed E-state index contributed by atoms with van der Waals surface area (Å²) in [5, 5.41) is 9.42. The molecule has 1 radical (unpaired) electrons. The lowest BCUT2D eigenvalue weighted by Crippen LogP contribution is -1.83. The Morgan fingerprint density at radius 1 is 1.00 bits per heavy atom. The molecule has 2 aromatic rings. The Balaban J connectivity index is 2.24. The molecule has 0 aromatic heterocycles. The summed E-state index contributed by atoms with van der Waals surface area (Å²) in [4.78, 5) is 0. The lowest BCUT2D eigenvalue weighted by Gasteiger charge is -2.05. The molecule has 0 saturated heterocycles. The molecular formula is C12H9O2. The molecule has 0 unspecified atom stereocenters. The van der Waals surface area contributed by atoms with Gasteiger partial charge in [-0.3, -0.25) is 0 Å². The smallest absolute Gasteiger partial charge is 0.176 e. The Kier molecular flexibility index (Phi) is 2.36. The third-order valence-corrected chi connectivity index (χ3v) is 1.76. The number of aromatic hydroxyl groups is 1. The van der Waals surface area contributed by atoms with Crippen molar-refractivity contribution in [1.82, 2.24) is 0 Å². The van der Waals surface area contributed by atoms with Gasteiger partial charge in [0.05, 0.1) is 0 Å². The first kappa shape index (κ1) is 8.63. The van der Waals surface area contributed by atoms with Crippen LogP contribution in [0.2, 0.25) is 0 Å². The van der Waals surface area contributed by atoms with Gasteiger partial charge in [0.2, 0.25) is 0 Å². The second-order valence-corrected chi connectivity index (χ2v) is 2.80. The minimum absolute atomic E-state index is 0.0938. The SMILES string of the molecule is Oc1ccc[c]c1Oc1ccccc1. The molecule has 0 saturated carbocycles. The summed E-state index contributed by atoms with van der Waals surface area (Å²) < 4.78 is 5.40. The largest absolute Gasteiger partial charge is 0.504 e. The van der Waals surface area contributed by atoms with Crippen LogP contribution < -0.4 is 4.74 Å². The van der Waals surface area contributed by atoms with E-state index in [4.69, 9.17) is 4.74 Å². The maximum absolute atomic E-state index is 9.42. The zero-order chi connectivity index (χ0) is 9.80. The molecule has 0 fully saturated rings. The van der Waals surface area contributed by atoms with Crippen molar-refractivity contribution < 1.29 is 9.84 Å². The number of rotatable bonds is 2. The van der Waals surface area contributed by atoms with Crippen LogP contribution in [0.5, 0.6) is 17.2 Å². The van der Waals surface area contributed by atoms with Crippen LogP contribution in [-0.2, 0) is 0 Å². The molecule has 0 aliphatic heterocycles. The van der Waals surface area contributed by atoms with Crippen molar-refractivity contribution in [3.63, 3.8) is 0 Å². The van der Waals surface area contributed by atoms with Crippen LogP contribution in [0, 0.1) is 6.07 Å². The highest BCUT2D eigenvalue weighted by Crippen LogP contribution is 2.28. The van der Waals surface area contributed by atoms with Crippen molar-refractivity contribution in [3.8, 4) is 17.2 Å². The highest BCUT2D eigenvalue weighted by molar-refractivity contribution is 5.40. The summed E-state index contributed by atoms with van der Waals surface area (Å²) in [7, 11) is 0. The lowest BCUT2D eigenvalue weighted by molar-refractivity contribution is 0.410. The number of phenolic OH excluding ortho intramolecular Hbond substituents is 1. The van der Waals surface area contributed by atoms with Crippen LogP contribution in [0.3, 0.4) is 0 Å². The summed E-state index contributed by atoms with van der Waals surface area (Å²) in [6, 6.07) is 17.1. The summed E-state index contributed by atoms with van der Waals surface area (Å²) in [6.45, 7) is 0. The van der Waals surface area contributed by atoms with E-state index in [1.54, 1.807) is 18.2 Å². The summed E-state index contributed by atoms with van der Waals surface area (Å²) in [5.41, 5.74) is 0. The van der Waals surface area contributed by atoms with Gasteiger partial charge in [-0.15, -0.1) is 0 Å². The van der Waals surface area contributed by atoms with Gasteiger partial charge in [0.15, 0.2) is 11.5 Å². The number of benzene rings is 2. The number of hydrogen-bond acceptors (Lipinski definition) is 2. The van der Waals surface area contributed by atoms with E-state index in [0.29, 0.717) is 11.5 Å². The zero-order valence-electron chi connectivity index (χ0n) is 7.47. The van der Waals surface area contributed by atoms with Crippen molar-refractivity contribution in [1.29, 1.82) is 0 Å². The van der Waals surface area contributed by atoms with Gasteiger partial charge in [-0.25, -0.2) is 0 Å². The van der Waals surface area contributed by atoms with Crippen molar-refractivity contribution in [2.45, 2.75) is 0 Å². The van der Waals surface area contributed by atoms with E-state index in [1.807, 2.05) is 30.3 Å². The minimum atomic E-state index is 0.0938. The predicted molar refractivity (Wildman–Crippen MR) is 53.5 cm³/mol. The summed E-state index contributed by atoms with van der Waals surface area (Å²) in [6.07, 6.45) is 0. The number of ether oxygens (including phenoxy) is 1. The topological polar surface area (TPSA) is 29.5 Å². The number of phenols is 1. The van der Waals surface area contributed by atoms with E-state index in [2.05, 4.69) is 6.07 Å². The van der Waals surface area contributed by atoms with Crippen LogP contribution in [0.15, 0.2) is 48.5 Å². The highest BCUT2D eigenvalue weighted by Gasteiger charge is 2.01. The average molecular weight is 185 g/mol. The average Bonchev–Trinajstić information content (AvgIpc) is 2.23. The fraction of sp³-hybridized carbons (Fsp3) is 0. The quantitative estimate of drug-likeness (QED) is 0.779. The third-order valence-electron chi connectivity index (χ3n) is 1.76. The Bertz CT molecular complexity index is 410. The van der Waals surface area contributed by atoms with Crippen LogP contribution in [0.25, 0.3) is 0 Å². The van der Waals surface area contributed by atoms with Gasteiger partial charge >= 0.3 is 0 Å². The van der Waals surface area contributed by atoms with Gasteiger partial charge in [-0.05, 0) is 18.2 Å². The fourth-order valence-corrected chi connectivity index (χ4v) is 1.10. The van der Waals surface area contributed by atoms with Crippen LogP contribution in [0.1, 0.15) is 0 Å². The van der Waals surface area contributed by atoms with E-state index < -0.39 is 0 Å². The normalized spacial score (nSPS) is 9.71. The number of para-hydroxylation sites is 2. The van der Waals surface area contributed by atoms with Gasteiger partial charge in [0.25, 0.3) is 0 Å². The molecule has 1 N–H and O–H groups in total. The van der Waals surface area contributed by atoms with E-state index in [-0.39, 0.29) is 5.75 Å². The van der Waals surface area contributed by atoms with Crippen molar-refractivity contribution in [3.05, 3.63) is 54.6 Å². The predicted octanol–water partition coefficient (Wildman–Crippen LogP) is 2.98. The first-order valence-corrected chi connectivity index (χ1v) is 4.29. The van der Waals surface area contributed by atoms with Crippen molar-refractivity contribution >= 4 is 0 Å². The third kappa shape index (κ3) is 1.85.